The van der Waals surface area contributed by atoms with Gasteiger partial charge >= 0.3 is 18.0 Å². The average Bonchev–Trinajstić information content (AvgIpc) is 3.42. The molecule has 2 fully saturated rings. The van der Waals surface area contributed by atoms with Gasteiger partial charge in [0.25, 0.3) is 0 Å². The molecule has 6 nitrogen and oxygen atoms in total. The molecule has 0 saturated carbocycles. The van der Waals surface area contributed by atoms with Crippen LogP contribution in [-0.2, 0) is 34.9 Å². The van der Waals surface area contributed by atoms with E-state index < -0.39 is 76.6 Å². The Morgan fingerprint density at radius 3 is 1.87 bits per heavy atom. The van der Waals surface area contributed by atoms with Gasteiger partial charge in [0, 0.05) is 18.7 Å². The van der Waals surface area contributed by atoms with Crippen molar-refractivity contribution in [3.63, 3.8) is 0 Å². The molecule has 0 N–H and O–H groups in total. The molecule has 2 aliphatic heterocycles. The quantitative estimate of drug-likeness (QED) is 0.227. The largest absolute Gasteiger partial charge is 0.435 e. The molecule has 0 aliphatic carbocycles. The number of hydrogen-bond donors (Lipinski definition) is 0. The highest BCUT2D eigenvalue weighted by Crippen LogP contribution is 2.54. The van der Waals surface area contributed by atoms with Gasteiger partial charge in [-0.2, -0.15) is 26.3 Å². The van der Waals surface area contributed by atoms with Crippen LogP contribution in [-0.4, -0.2) is 64.6 Å². The second-order valence-electron chi connectivity index (χ2n) is 12.5. The van der Waals surface area contributed by atoms with Crippen molar-refractivity contribution in [1.82, 2.24) is 4.90 Å². The van der Waals surface area contributed by atoms with E-state index in [1.54, 1.807) is 0 Å². The van der Waals surface area contributed by atoms with E-state index in [4.69, 9.17) is 0 Å². The third-order valence-corrected chi connectivity index (χ3v) is 13.3. The van der Waals surface area contributed by atoms with Crippen molar-refractivity contribution in [2.24, 2.45) is 11.3 Å². The molecule has 0 bridgehead atoms. The first-order valence-corrected chi connectivity index (χ1v) is 17.8. The number of hydrogen-bond acceptors (Lipinski definition) is 5. The standard InChI is InChI=1S/C30H33F8NO5S2/c1-20(2)11-12-26(14-17-45(41,42)18-15-26)25(40)39-16-13-27(19-39,46(43,44)24-9-7-23(31)8-10-24)21-3-5-22(6-4-21)28(32,29(33,34)35)30(36,37)38/h3-10,20H,11-19H2,1-2H3/t27-/m0/s1. The topological polar surface area (TPSA) is 88.6 Å². The summed E-state index contributed by atoms with van der Waals surface area (Å²) in [6, 6.07) is 5.38. The third kappa shape index (κ3) is 6.27. The number of halogens is 8. The lowest BCUT2D eigenvalue weighted by atomic mass is 9.75. The number of benzene rings is 2. The Hall–Kier alpha value is -2.75. The Balaban J connectivity index is 1.82. The predicted octanol–water partition coefficient (Wildman–Crippen LogP) is 6.65. The lowest BCUT2D eigenvalue weighted by molar-refractivity contribution is -0.348. The molecule has 2 saturated heterocycles. The maximum Gasteiger partial charge on any atom is 0.435 e. The minimum absolute atomic E-state index is 0.00272. The Labute approximate surface area is 262 Å². The molecular weight excluding hydrogens is 670 g/mol. The van der Waals surface area contributed by atoms with Crippen molar-refractivity contribution in [2.45, 2.75) is 73.6 Å². The maximum absolute atomic E-state index is 14.8. The molecule has 2 aliphatic rings. The summed E-state index contributed by atoms with van der Waals surface area (Å²) in [5.41, 5.74) is -9.00. The lowest BCUT2D eigenvalue weighted by Gasteiger charge is -2.39. The van der Waals surface area contributed by atoms with E-state index >= 15 is 0 Å². The summed E-state index contributed by atoms with van der Waals surface area (Å²) in [7, 11) is -8.03. The first-order valence-electron chi connectivity index (χ1n) is 14.4. The SMILES string of the molecule is CC(C)CCC1(C(=O)N2CC[C@](c3ccc(C(F)(C(F)(F)F)C(F)(F)F)cc3)(S(=O)(=O)c3ccc(F)cc3)C2)CCS(=O)(=O)CC1. The zero-order valence-corrected chi connectivity index (χ0v) is 26.5. The maximum atomic E-state index is 14.8. The van der Waals surface area contributed by atoms with E-state index in [-0.39, 0.29) is 60.9 Å². The fourth-order valence-electron chi connectivity index (χ4n) is 6.30. The summed E-state index contributed by atoms with van der Waals surface area (Å²) in [5, 5.41) is 0. The molecule has 1 atom stereocenters. The zero-order chi connectivity index (χ0) is 34.6. The smallest absolute Gasteiger partial charge is 0.340 e. The summed E-state index contributed by atoms with van der Waals surface area (Å²) in [6.45, 7) is 3.05. The Kier molecular flexibility index (Phi) is 9.45. The molecule has 0 aromatic heterocycles. The minimum atomic E-state index is -6.39. The molecule has 46 heavy (non-hydrogen) atoms. The highest BCUT2D eigenvalue weighted by Gasteiger charge is 2.73. The molecule has 4 rings (SSSR count). The van der Waals surface area contributed by atoms with Gasteiger partial charge in [0.2, 0.25) is 5.91 Å². The summed E-state index contributed by atoms with van der Waals surface area (Å²) < 4.78 is 160. The summed E-state index contributed by atoms with van der Waals surface area (Å²) in [6.07, 6.45) is -12.3. The first kappa shape index (κ1) is 36.1. The van der Waals surface area contributed by atoms with Crippen molar-refractivity contribution in [3.05, 3.63) is 65.5 Å². The summed E-state index contributed by atoms with van der Waals surface area (Å²) in [5.74, 6) is -1.65. The van der Waals surface area contributed by atoms with Crippen LogP contribution < -0.4 is 0 Å². The number of likely N-dealkylation sites (tertiary alicyclic amines) is 1. The fraction of sp³-hybridized carbons (Fsp3) is 0.567. The lowest BCUT2D eigenvalue weighted by Crippen LogP contribution is -2.50. The van der Waals surface area contributed by atoms with Crippen molar-refractivity contribution in [1.29, 1.82) is 0 Å². The van der Waals surface area contributed by atoms with Gasteiger partial charge in [0.05, 0.1) is 21.8 Å². The second-order valence-corrected chi connectivity index (χ2v) is 17.1. The molecule has 256 valence electrons. The molecule has 2 aromatic rings. The number of rotatable bonds is 8. The molecule has 2 aromatic carbocycles. The number of nitrogens with zero attached hydrogens (tertiary/aromatic N) is 1. The van der Waals surface area contributed by atoms with Gasteiger partial charge in [-0.1, -0.05) is 38.1 Å². The van der Waals surface area contributed by atoms with Crippen LogP contribution in [0, 0.1) is 17.2 Å². The normalized spacial score (nSPS) is 22.3. The molecule has 1 amide bonds. The summed E-state index contributed by atoms with van der Waals surface area (Å²) >= 11 is 0. The molecule has 0 unspecified atom stereocenters. The van der Waals surface area contributed by atoms with Crippen LogP contribution in [0.25, 0.3) is 0 Å². The third-order valence-electron chi connectivity index (χ3n) is 9.18. The van der Waals surface area contributed by atoms with E-state index in [0.717, 1.165) is 24.3 Å². The van der Waals surface area contributed by atoms with Gasteiger partial charge in [-0.15, -0.1) is 0 Å². The Bertz CT molecular complexity index is 1630. The highest BCUT2D eigenvalue weighted by atomic mass is 32.2. The van der Waals surface area contributed by atoms with Crippen molar-refractivity contribution in [3.8, 4) is 0 Å². The van der Waals surface area contributed by atoms with Gasteiger partial charge < -0.3 is 4.90 Å². The van der Waals surface area contributed by atoms with Gasteiger partial charge in [0.1, 0.15) is 20.4 Å². The zero-order valence-electron chi connectivity index (χ0n) is 24.9. The van der Waals surface area contributed by atoms with Crippen LogP contribution in [0.5, 0.6) is 0 Å². The number of sulfone groups is 2. The molecule has 0 spiro atoms. The average molecular weight is 704 g/mol. The van der Waals surface area contributed by atoms with Gasteiger partial charge in [-0.05, 0) is 67.9 Å². The fourth-order valence-corrected chi connectivity index (χ4v) is 9.98. The van der Waals surface area contributed by atoms with Crippen LogP contribution in [0.15, 0.2) is 53.4 Å². The van der Waals surface area contributed by atoms with Crippen LogP contribution in [0.4, 0.5) is 35.1 Å². The molecular formula is C30H33F8NO5S2. The highest BCUT2D eigenvalue weighted by molar-refractivity contribution is 7.92. The minimum Gasteiger partial charge on any atom is -0.340 e. The molecule has 16 heteroatoms. The molecule has 0 radical (unpaired) electrons. The number of carbonyl (C=O) groups is 1. The van der Waals surface area contributed by atoms with Crippen molar-refractivity contribution < 1.29 is 56.8 Å². The van der Waals surface area contributed by atoms with Gasteiger partial charge in [-0.3, -0.25) is 4.79 Å². The summed E-state index contributed by atoms with van der Waals surface area (Å²) in [4.78, 5) is 15.0. The number of alkyl halides is 7. The predicted molar refractivity (Wildman–Crippen MR) is 152 cm³/mol. The van der Waals surface area contributed by atoms with Crippen LogP contribution >= 0.6 is 0 Å². The monoisotopic (exact) mass is 703 g/mol. The van der Waals surface area contributed by atoms with Crippen molar-refractivity contribution in [2.75, 3.05) is 24.6 Å². The number of carbonyl (C=O) groups excluding carboxylic acids is 1. The van der Waals surface area contributed by atoms with E-state index in [2.05, 4.69) is 0 Å². The molecule has 2 heterocycles. The Morgan fingerprint density at radius 2 is 1.39 bits per heavy atom. The van der Waals surface area contributed by atoms with Crippen molar-refractivity contribution >= 4 is 25.6 Å². The van der Waals surface area contributed by atoms with E-state index in [1.165, 1.54) is 4.90 Å². The van der Waals surface area contributed by atoms with E-state index in [9.17, 15) is 56.8 Å². The second kappa shape index (κ2) is 12.0. The van der Waals surface area contributed by atoms with Crippen LogP contribution in [0.1, 0.15) is 57.1 Å². The van der Waals surface area contributed by atoms with Gasteiger partial charge in [0.15, 0.2) is 9.84 Å². The van der Waals surface area contributed by atoms with Crippen LogP contribution in [0.3, 0.4) is 0 Å². The number of amides is 1. The van der Waals surface area contributed by atoms with E-state index in [1.807, 2.05) is 13.8 Å². The van der Waals surface area contributed by atoms with E-state index in [0.29, 0.717) is 25.0 Å². The first-order chi connectivity index (χ1) is 21.0. The Morgan fingerprint density at radius 1 is 0.870 bits per heavy atom. The van der Waals surface area contributed by atoms with Gasteiger partial charge in [-0.25, -0.2) is 25.6 Å². The van der Waals surface area contributed by atoms with Crippen LogP contribution in [0.2, 0.25) is 0 Å².